The molecule has 1 atom stereocenters. The molecular weight excluding hydrogens is 560 g/mol. The summed E-state index contributed by atoms with van der Waals surface area (Å²) in [6.07, 6.45) is 0.555. The van der Waals surface area contributed by atoms with E-state index in [2.05, 4.69) is 0 Å². The molecule has 2 aromatic carbocycles. The van der Waals surface area contributed by atoms with Gasteiger partial charge in [-0.15, -0.1) is 0 Å². The molecule has 1 unspecified atom stereocenters. The molecule has 0 amide bonds. The molecule has 0 heterocycles. The van der Waals surface area contributed by atoms with E-state index in [1.54, 1.807) is 0 Å². The van der Waals surface area contributed by atoms with E-state index in [9.17, 15) is 19.2 Å². The Labute approximate surface area is 210 Å². The molecular formula is C22H22ClO8PRu. The predicted octanol–water partition coefficient (Wildman–Crippen LogP) is 3.49. The Morgan fingerprint density at radius 1 is 0.727 bits per heavy atom. The van der Waals surface area contributed by atoms with Crippen molar-refractivity contribution in [3.8, 4) is 23.0 Å². The van der Waals surface area contributed by atoms with Crippen molar-refractivity contribution in [1.29, 1.82) is 0 Å². The van der Waals surface area contributed by atoms with Crippen LogP contribution >= 0.6 is 19.5 Å². The number of ether oxygens (including phenoxy) is 4. The van der Waals surface area contributed by atoms with E-state index in [1.807, 2.05) is 37.3 Å². The smallest absolute Gasteiger partial charge is 0.308 e. The number of benzene rings is 2. The minimum absolute atomic E-state index is 0. The fourth-order valence-corrected chi connectivity index (χ4v) is 5.60. The number of carbonyl (C=O) groups excluding carboxylic acids is 4. The minimum Gasteiger partial charge on any atom is -0.422 e. The fourth-order valence-electron chi connectivity index (χ4n) is 2.89. The average Bonchev–Trinajstić information content (AvgIpc) is 2.70. The summed E-state index contributed by atoms with van der Waals surface area (Å²) in [5.74, 6) is -4.36. The minimum atomic E-state index is -1.27. The summed E-state index contributed by atoms with van der Waals surface area (Å²) in [5, 5.41) is 1.08. The number of halogens is 1. The largest absolute Gasteiger partial charge is 0.422 e. The molecule has 0 aliphatic heterocycles. The molecule has 0 aromatic heterocycles. The van der Waals surface area contributed by atoms with Gasteiger partial charge in [0.2, 0.25) is 11.5 Å². The molecule has 0 N–H and O–H groups in total. The van der Waals surface area contributed by atoms with Crippen LogP contribution < -0.4 is 29.6 Å². The Bertz CT molecular complexity index is 1060. The second-order valence-corrected chi connectivity index (χ2v) is 9.26. The van der Waals surface area contributed by atoms with Gasteiger partial charge in [-0.05, 0) is 19.4 Å². The van der Waals surface area contributed by atoms with E-state index in [0.717, 1.165) is 33.0 Å². The summed E-state index contributed by atoms with van der Waals surface area (Å²) in [6, 6.07) is 9.28. The molecule has 2 aromatic rings. The van der Waals surface area contributed by atoms with Gasteiger partial charge in [0.05, 0.1) is 5.02 Å². The molecule has 0 fully saturated rings. The monoisotopic (exact) mass is 582 g/mol. The van der Waals surface area contributed by atoms with Crippen molar-refractivity contribution in [2.24, 2.45) is 0 Å². The van der Waals surface area contributed by atoms with Gasteiger partial charge in [-0.25, -0.2) is 0 Å². The predicted molar refractivity (Wildman–Crippen MR) is 120 cm³/mol. The van der Waals surface area contributed by atoms with Gasteiger partial charge < -0.3 is 18.9 Å². The number of hydrogen-bond donors (Lipinski definition) is 0. The van der Waals surface area contributed by atoms with E-state index >= 15 is 0 Å². The molecule has 178 valence electrons. The average molecular weight is 582 g/mol. The Balaban J connectivity index is 0.00000544. The normalized spacial score (nSPS) is 11.0. The zero-order valence-corrected chi connectivity index (χ0v) is 21.9. The number of esters is 4. The first-order valence-corrected chi connectivity index (χ1v) is 11.4. The number of hydrogen-bond acceptors (Lipinski definition) is 8. The second kappa shape index (κ2) is 12.8. The zero-order chi connectivity index (χ0) is 24.0. The van der Waals surface area contributed by atoms with Crippen molar-refractivity contribution in [3.63, 3.8) is 0 Å². The SMILES string of the molecule is CCP(c1ccccc1)c1c(Cl)c(OC(C)=O)c(OC(C)=O)c(OC(C)=O)c1OC(C)=O.[Ru]. The van der Waals surface area contributed by atoms with Crippen molar-refractivity contribution in [1.82, 2.24) is 0 Å². The third kappa shape index (κ3) is 7.33. The van der Waals surface area contributed by atoms with Gasteiger partial charge in [-0.3, -0.25) is 19.2 Å². The quantitative estimate of drug-likeness (QED) is 0.212. The van der Waals surface area contributed by atoms with Crippen molar-refractivity contribution in [2.45, 2.75) is 34.6 Å². The van der Waals surface area contributed by atoms with E-state index in [1.165, 1.54) is 0 Å². The van der Waals surface area contributed by atoms with Crippen LogP contribution in [0.4, 0.5) is 0 Å². The van der Waals surface area contributed by atoms with Crippen molar-refractivity contribution in [3.05, 3.63) is 35.4 Å². The molecule has 0 spiro atoms. The maximum atomic E-state index is 12.0. The van der Waals surface area contributed by atoms with Gasteiger partial charge in [-0.2, -0.15) is 0 Å². The summed E-state index contributed by atoms with van der Waals surface area (Å²) in [4.78, 5) is 47.4. The van der Waals surface area contributed by atoms with Crippen LogP contribution in [-0.2, 0) is 38.7 Å². The third-order valence-corrected chi connectivity index (χ3v) is 6.89. The van der Waals surface area contributed by atoms with Gasteiger partial charge in [0.15, 0.2) is 11.5 Å². The topological polar surface area (TPSA) is 105 Å². The van der Waals surface area contributed by atoms with Crippen molar-refractivity contribution < 1.29 is 57.6 Å². The van der Waals surface area contributed by atoms with Crippen molar-refractivity contribution in [2.75, 3.05) is 6.16 Å². The van der Waals surface area contributed by atoms with Crippen LogP contribution in [0, 0.1) is 0 Å². The Kier molecular flexibility index (Phi) is 11.1. The first kappa shape index (κ1) is 28.7. The van der Waals surface area contributed by atoms with E-state index in [-0.39, 0.29) is 41.7 Å². The summed E-state index contributed by atoms with van der Waals surface area (Å²) in [5.41, 5.74) is 0. The summed E-state index contributed by atoms with van der Waals surface area (Å²) in [6.45, 7) is 6.43. The van der Waals surface area contributed by atoms with Crippen LogP contribution in [0.15, 0.2) is 30.3 Å². The molecule has 0 radical (unpaired) electrons. The second-order valence-electron chi connectivity index (χ2n) is 6.43. The van der Waals surface area contributed by atoms with Crippen LogP contribution in [0.5, 0.6) is 23.0 Å². The van der Waals surface area contributed by atoms with Gasteiger partial charge >= 0.3 is 23.9 Å². The Morgan fingerprint density at radius 3 is 1.55 bits per heavy atom. The molecule has 0 bridgehead atoms. The maximum Gasteiger partial charge on any atom is 0.308 e. The maximum absolute atomic E-state index is 12.0. The first-order valence-electron chi connectivity index (χ1n) is 9.52. The van der Waals surface area contributed by atoms with Crippen LogP contribution in [0.1, 0.15) is 34.6 Å². The molecule has 2 rings (SSSR count). The van der Waals surface area contributed by atoms with E-state index in [4.69, 9.17) is 30.5 Å². The molecule has 0 aliphatic carbocycles. The summed E-state index contributed by atoms with van der Waals surface area (Å²) in [7, 11) is -1.27. The zero-order valence-electron chi connectivity index (χ0n) is 18.5. The third-order valence-electron chi connectivity index (χ3n) is 3.88. The molecule has 8 nitrogen and oxygen atoms in total. The van der Waals surface area contributed by atoms with Gasteiger partial charge in [0.25, 0.3) is 0 Å². The van der Waals surface area contributed by atoms with E-state index in [0.29, 0.717) is 11.5 Å². The van der Waals surface area contributed by atoms with Crippen LogP contribution in [0.25, 0.3) is 0 Å². The molecule has 11 heteroatoms. The van der Waals surface area contributed by atoms with Crippen LogP contribution in [0.2, 0.25) is 5.02 Å². The number of rotatable bonds is 7. The fraction of sp³-hybridized carbons (Fsp3) is 0.273. The molecule has 33 heavy (non-hydrogen) atoms. The standard InChI is InChI=1S/C22H22ClO8P.Ru/c1-6-32(16-10-8-7-9-11-16)22-17(23)18(28-12(2)24)19(29-13(3)25)20(30-14(4)26)21(22)31-15(5)27;/h7-11H,6H2,1-5H3;. The number of carbonyl (C=O) groups is 4. The van der Waals surface area contributed by atoms with Gasteiger partial charge in [0.1, 0.15) is 0 Å². The van der Waals surface area contributed by atoms with Gasteiger partial charge in [0, 0.05) is 52.5 Å². The Morgan fingerprint density at radius 2 is 1.12 bits per heavy atom. The molecule has 0 saturated carbocycles. The van der Waals surface area contributed by atoms with E-state index < -0.39 is 37.5 Å². The molecule has 0 aliphatic rings. The van der Waals surface area contributed by atoms with Crippen molar-refractivity contribution >= 4 is 54.0 Å². The van der Waals surface area contributed by atoms with Crippen LogP contribution in [-0.4, -0.2) is 30.0 Å². The van der Waals surface area contributed by atoms with Crippen LogP contribution in [0.3, 0.4) is 0 Å². The molecule has 0 saturated heterocycles. The first-order chi connectivity index (χ1) is 15.1. The van der Waals surface area contributed by atoms with Gasteiger partial charge in [-0.1, -0.05) is 48.9 Å². The Hall–Kier alpha value is -2.34. The summed E-state index contributed by atoms with van der Waals surface area (Å²) >= 11 is 6.68. The summed E-state index contributed by atoms with van der Waals surface area (Å²) < 4.78 is 21.2.